The number of hydrogen-bond acceptors (Lipinski definition) is 4. The van der Waals surface area contributed by atoms with Gasteiger partial charge in [-0.25, -0.2) is 4.98 Å². The first-order valence-corrected chi connectivity index (χ1v) is 10.1. The van der Waals surface area contributed by atoms with E-state index in [1.807, 2.05) is 12.4 Å². The molecule has 0 spiro atoms. The van der Waals surface area contributed by atoms with E-state index >= 15 is 0 Å². The van der Waals surface area contributed by atoms with Gasteiger partial charge in [0.2, 0.25) is 0 Å². The number of H-pyrrole nitrogens is 3. The van der Waals surface area contributed by atoms with Crippen LogP contribution >= 0.6 is 0 Å². The van der Waals surface area contributed by atoms with Crippen molar-refractivity contribution >= 4 is 27.6 Å². The van der Waals surface area contributed by atoms with Crippen molar-refractivity contribution in [2.75, 3.05) is 18.0 Å². The zero-order valence-electron chi connectivity index (χ0n) is 15.9. The lowest BCUT2D eigenvalue weighted by molar-refractivity contribution is 0.579. The second-order valence-corrected chi connectivity index (χ2v) is 7.65. The molecule has 3 N–H and O–H groups in total. The van der Waals surface area contributed by atoms with Crippen molar-refractivity contribution in [2.24, 2.45) is 0 Å². The molecule has 144 valence electrons. The first-order valence-electron chi connectivity index (χ1n) is 10.1. The fourth-order valence-electron chi connectivity index (χ4n) is 4.36. The van der Waals surface area contributed by atoms with Gasteiger partial charge in [0.15, 0.2) is 5.65 Å². The molecule has 1 saturated heterocycles. The topological polar surface area (TPSA) is 89.3 Å². The Kier molecular flexibility index (Phi) is 3.65. The maximum atomic E-state index is 4.52. The molecule has 5 heterocycles. The van der Waals surface area contributed by atoms with Gasteiger partial charge in [0.1, 0.15) is 0 Å². The maximum Gasteiger partial charge on any atom is 0.181 e. The predicted molar refractivity (Wildman–Crippen MR) is 115 cm³/mol. The van der Waals surface area contributed by atoms with Crippen molar-refractivity contribution in [2.45, 2.75) is 19.3 Å². The fourth-order valence-corrected chi connectivity index (χ4v) is 4.36. The molecule has 0 bridgehead atoms. The molecule has 1 aliphatic heterocycles. The van der Waals surface area contributed by atoms with Gasteiger partial charge in [-0.2, -0.15) is 10.2 Å². The number of benzene rings is 1. The third-order valence-corrected chi connectivity index (χ3v) is 5.85. The summed E-state index contributed by atoms with van der Waals surface area (Å²) >= 11 is 0. The number of anilines is 1. The number of fused-ring (bicyclic) bond motifs is 2. The molecule has 1 fully saturated rings. The van der Waals surface area contributed by atoms with Crippen LogP contribution in [0.25, 0.3) is 44.5 Å². The average molecular weight is 383 g/mol. The highest BCUT2D eigenvalue weighted by molar-refractivity contribution is 6.00. The largest absolute Gasteiger partial charge is 0.371 e. The lowest BCUT2D eigenvalue weighted by Gasteiger charge is -2.29. The first-order chi connectivity index (χ1) is 14.4. The molecule has 4 aromatic heterocycles. The van der Waals surface area contributed by atoms with Gasteiger partial charge >= 0.3 is 0 Å². The summed E-state index contributed by atoms with van der Waals surface area (Å²) in [6, 6.07) is 10.9. The molecule has 29 heavy (non-hydrogen) atoms. The van der Waals surface area contributed by atoms with Gasteiger partial charge in [0.05, 0.1) is 17.6 Å². The molecule has 0 atom stereocenters. The van der Waals surface area contributed by atoms with E-state index in [4.69, 9.17) is 0 Å². The number of pyridine rings is 1. The molecule has 0 aliphatic carbocycles. The molecule has 0 unspecified atom stereocenters. The van der Waals surface area contributed by atoms with E-state index in [0.717, 1.165) is 46.5 Å². The monoisotopic (exact) mass is 383 g/mol. The maximum absolute atomic E-state index is 4.52. The minimum Gasteiger partial charge on any atom is -0.371 e. The Morgan fingerprint density at radius 1 is 0.931 bits per heavy atom. The zero-order valence-corrected chi connectivity index (χ0v) is 15.9. The van der Waals surface area contributed by atoms with E-state index in [1.165, 1.54) is 30.3 Å². The SMILES string of the molecule is c1cc(N2CCCCC2)c2cc(-c3[nH]nc4ncc(-c5cn[nH]c5)cc34)[nH]c2c1. The minimum absolute atomic E-state index is 0.710. The number of piperidine rings is 1. The molecular formula is C22H21N7. The summed E-state index contributed by atoms with van der Waals surface area (Å²) < 4.78 is 0. The highest BCUT2D eigenvalue weighted by atomic mass is 15.2. The Morgan fingerprint density at radius 3 is 2.72 bits per heavy atom. The van der Waals surface area contributed by atoms with Crippen LogP contribution in [0.1, 0.15) is 19.3 Å². The summed E-state index contributed by atoms with van der Waals surface area (Å²) in [6.07, 6.45) is 9.37. The Hall–Kier alpha value is -3.61. The van der Waals surface area contributed by atoms with Gasteiger partial charge < -0.3 is 9.88 Å². The second-order valence-electron chi connectivity index (χ2n) is 7.65. The van der Waals surface area contributed by atoms with Crippen LogP contribution in [0.2, 0.25) is 0 Å². The van der Waals surface area contributed by atoms with Crippen LogP contribution in [0, 0.1) is 0 Å². The summed E-state index contributed by atoms with van der Waals surface area (Å²) in [5.41, 5.74) is 7.17. The van der Waals surface area contributed by atoms with Crippen LogP contribution in [-0.4, -0.2) is 43.5 Å². The van der Waals surface area contributed by atoms with Gasteiger partial charge in [-0.3, -0.25) is 10.2 Å². The molecule has 0 radical (unpaired) electrons. The van der Waals surface area contributed by atoms with Crippen molar-refractivity contribution in [1.29, 1.82) is 0 Å². The first kappa shape index (κ1) is 16.4. The summed E-state index contributed by atoms with van der Waals surface area (Å²) in [7, 11) is 0. The normalized spacial score (nSPS) is 14.8. The highest BCUT2D eigenvalue weighted by Crippen LogP contribution is 2.34. The van der Waals surface area contributed by atoms with E-state index < -0.39 is 0 Å². The molecule has 0 saturated carbocycles. The quantitative estimate of drug-likeness (QED) is 0.428. The van der Waals surface area contributed by atoms with Crippen LogP contribution in [0.4, 0.5) is 5.69 Å². The van der Waals surface area contributed by atoms with Crippen molar-refractivity contribution in [3.8, 4) is 22.5 Å². The van der Waals surface area contributed by atoms with Crippen LogP contribution < -0.4 is 4.90 Å². The number of rotatable bonds is 3. The summed E-state index contributed by atoms with van der Waals surface area (Å²) in [4.78, 5) is 10.6. The van der Waals surface area contributed by atoms with Crippen LogP contribution in [0.15, 0.2) is 48.9 Å². The Labute approximate surface area is 167 Å². The number of nitrogens with zero attached hydrogens (tertiary/aromatic N) is 4. The van der Waals surface area contributed by atoms with Crippen molar-refractivity contribution in [3.63, 3.8) is 0 Å². The molecule has 7 heteroatoms. The number of aromatic nitrogens is 6. The number of nitrogens with one attached hydrogen (secondary N) is 3. The van der Waals surface area contributed by atoms with Crippen molar-refractivity contribution in [3.05, 3.63) is 48.9 Å². The third kappa shape index (κ3) is 2.69. The fraction of sp³-hybridized carbons (Fsp3) is 0.227. The molecule has 1 aliphatic rings. The van der Waals surface area contributed by atoms with Gasteiger partial charge in [-0.05, 0) is 43.5 Å². The van der Waals surface area contributed by atoms with Crippen LogP contribution in [-0.2, 0) is 0 Å². The van der Waals surface area contributed by atoms with Gasteiger partial charge in [0, 0.05) is 58.6 Å². The van der Waals surface area contributed by atoms with E-state index in [1.54, 1.807) is 6.20 Å². The van der Waals surface area contributed by atoms with Gasteiger partial charge in [0.25, 0.3) is 0 Å². The third-order valence-electron chi connectivity index (χ3n) is 5.85. The molecule has 7 nitrogen and oxygen atoms in total. The average Bonchev–Trinajstić information content (AvgIpc) is 3.52. The van der Waals surface area contributed by atoms with E-state index in [9.17, 15) is 0 Å². The zero-order chi connectivity index (χ0) is 19.2. The van der Waals surface area contributed by atoms with E-state index in [2.05, 4.69) is 65.6 Å². The predicted octanol–water partition coefficient (Wildman–Crippen LogP) is 4.49. The van der Waals surface area contributed by atoms with Gasteiger partial charge in [-0.1, -0.05) is 6.07 Å². The molecular weight excluding hydrogens is 362 g/mol. The molecule has 1 aromatic carbocycles. The van der Waals surface area contributed by atoms with Crippen molar-refractivity contribution in [1.82, 2.24) is 30.4 Å². The van der Waals surface area contributed by atoms with Gasteiger partial charge in [-0.15, -0.1) is 0 Å². The lowest BCUT2D eigenvalue weighted by Crippen LogP contribution is -2.29. The molecule has 0 amide bonds. The second kappa shape index (κ2) is 6.48. The Morgan fingerprint density at radius 2 is 1.86 bits per heavy atom. The van der Waals surface area contributed by atoms with Crippen LogP contribution in [0.3, 0.4) is 0 Å². The van der Waals surface area contributed by atoms with Crippen molar-refractivity contribution < 1.29 is 0 Å². The summed E-state index contributed by atoms with van der Waals surface area (Å²) in [5.74, 6) is 0. The summed E-state index contributed by atoms with van der Waals surface area (Å²) in [5, 5.41) is 16.7. The standard InChI is InChI=1S/C22H21N7/c1-2-7-29(8-3-1)20-6-4-5-18-16(20)10-19(26-18)21-17-9-14(15-12-24-25-13-15)11-23-22(17)28-27-21/h4-6,9-13,26H,1-3,7-8H2,(H,24,25)(H,23,27,28). The van der Waals surface area contributed by atoms with E-state index in [-0.39, 0.29) is 0 Å². The van der Waals surface area contributed by atoms with E-state index in [0.29, 0.717) is 5.65 Å². The lowest BCUT2D eigenvalue weighted by atomic mass is 10.1. The molecule has 5 aromatic rings. The Bertz CT molecular complexity index is 1290. The van der Waals surface area contributed by atoms with Crippen LogP contribution in [0.5, 0.6) is 0 Å². The Balaban J connectivity index is 1.48. The summed E-state index contributed by atoms with van der Waals surface area (Å²) in [6.45, 7) is 2.26. The smallest absolute Gasteiger partial charge is 0.181 e. The molecule has 6 rings (SSSR count). The number of aromatic amines is 3. The highest BCUT2D eigenvalue weighted by Gasteiger charge is 2.17. The minimum atomic E-state index is 0.710. The number of hydrogen-bond donors (Lipinski definition) is 3.